The summed E-state index contributed by atoms with van der Waals surface area (Å²) in [5.74, 6) is -5.25. The van der Waals surface area contributed by atoms with Crippen LogP contribution in [0.25, 0.3) is 11.0 Å². The topological polar surface area (TPSA) is 170 Å². The number of aliphatic carboxylic acids is 2. The zero-order chi connectivity index (χ0) is 33.0. The van der Waals surface area contributed by atoms with Crippen LogP contribution in [-0.4, -0.2) is 92.6 Å². The van der Waals surface area contributed by atoms with Gasteiger partial charge in [-0.3, -0.25) is 0 Å². The predicted molar refractivity (Wildman–Crippen MR) is 143 cm³/mol. The van der Waals surface area contributed by atoms with Gasteiger partial charge < -0.3 is 20.1 Å². The number of aromatic nitrogens is 4. The maximum Gasteiger partial charge on any atom is 0.490 e. The number of hydrogen-bond donors (Lipinski definition) is 3. The van der Waals surface area contributed by atoms with Crippen molar-refractivity contribution in [2.45, 2.75) is 57.0 Å². The minimum atomic E-state index is -5.08. The smallest absolute Gasteiger partial charge is 0.475 e. The van der Waals surface area contributed by atoms with E-state index in [0.717, 1.165) is 48.2 Å². The molecule has 2 aliphatic rings. The highest BCUT2D eigenvalue weighted by Crippen LogP contribution is 2.37. The number of fused-ring (bicyclic) bond motifs is 2. The largest absolute Gasteiger partial charge is 0.490 e. The van der Waals surface area contributed by atoms with Crippen LogP contribution < -0.4 is 4.90 Å². The average Bonchev–Trinajstić information content (AvgIpc) is 3.41. The molecule has 0 bridgehead atoms. The molecule has 0 aromatic carbocycles. The van der Waals surface area contributed by atoms with Gasteiger partial charge in [0, 0.05) is 67.0 Å². The maximum absolute atomic E-state index is 11.9. The van der Waals surface area contributed by atoms with E-state index in [1.807, 2.05) is 12.4 Å². The minimum Gasteiger partial charge on any atom is -0.475 e. The van der Waals surface area contributed by atoms with Crippen LogP contribution in [0.3, 0.4) is 0 Å². The highest BCUT2D eigenvalue weighted by molar-refractivity contribution is 7.88. The summed E-state index contributed by atoms with van der Waals surface area (Å²) in [6.45, 7) is 4.09. The summed E-state index contributed by atoms with van der Waals surface area (Å²) >= 11 is 0. The van der Waals surface area contributed by atoms with Crippen molar-refractivity contribution in [3.63, 3.8) is 0 Å². The van der Waals surface area contributed by atoms with Gasteiger partial charge in [0.25, 0.3) is 0 Å². The maximum atomic E-state index is 11.9. The first-order valence-corrected chi connectivity index (χ1v) is 14.7. The number of carbonyl (C=O) groups is 2. The summed E-state index contributed by atoms with van der Waals surface area (Å²) in [6.07, 6.45) is -0.979. The summed E-state index contributed by atoms with van der Waals surface area (Å²) in [7, 11) is -3.13. The molecule has 1 saturated heterocycles. The highest BCUT2D eigenvalue weighted by Gasteiger charge is 2.39. The third-order valence-corrected chi connectivity index (χ3v) is 8.26. The first-order valence-electron chi connectivity index (χ1n) is 12.9. The van der Waals surface area contributed by atoms with Crippen LogP contribution in [-0.2, 0) is 32.6 Å². The van der Waals surface area contributed by atoms with Crippen molar-refractivity contribution >= 4 is 38.7 Å². The van der Waals surface area contributed by atoms with Gasteiger partial charge in [0.15, 0.2) is 0 Å². The summed E-state index contributed by atoms with van der Waals surface area (Å²) in [6, 6.07) is 4.46. The molecule has 19 heteroatoms. The minimum absolute atomic E-state index is 0.264. The fourth-order valence-corrected chi connectivity index (χ4v) is 5.73. The standard InChI is InChI=1S/C21H26N6O2S.2C2HF3O2/c1-14-11-18-17(12-27(14)19-4-8-23-21-16(19)3-7-22-21)20(25-13-24-18)15-5-9-26(10-6-15)30(2,28)29;2*3-2(4,5)1(6)7/h3-4,7-8,13-15H,5-6,9-12H2,1-2H3,(H,22,23);2*(H,6,7). The van der Waals surface area contributed by atoms with Gasteiger partial charge in [0.1, 0.15) is 12.0 Å². The number of rotatable bonds is 3. The molecule has 1 atom stereocenters. The van der Waals surface area contributed by atoms with Crippen LogP contribution in [0.4, 0.5) is 32.0 Å². The van der Waals surface area contributed by atoms with Crippen LogP contribution in [0.2, 0.25) is 0 Å². The lowest BCUT2D eigenvalue weighted by atomic mass is 9.87. The monoisotopic (exact) mass is 654 g/mol. The molecular formula is C25H28F6N6O6S. The van der Waals surface area contributed by atoms with Gasteiger partial charge in [-0.15, -0.1) is 0 Å². The number of carboxylic acid groups (broad SMARTS) is 2. The number of H-pyrrole nitrogens is 1. The first kappa shape index (κ1) is 34.5. The van der Waals surface area contributed by atoms with Crippen molar-refractivity contribution in [3.8, 4) is 0 Å². The third kappa shape index (κ3) is 8.55. The van der Waals surface area contributed by atoms with Crippen molar-refractivity contribution in [2.24, 2.45) is 0 Å². The molecule has 44 heavy (non-hydrogen) atoms. The molecule has 2 aliphatic heterocycles. The van der Waals surface area contributed by atoms with Gasteiger partial charge in [-0.2, -0.15) is 26.3 Å². The summed E-state index contributed by atoms with van der Waals surface area (Å²) in [4.78, 5) is 37.1. The number of pyridine rings is 1. The van der Waals surface area contributed by atoms with Crippen LogP contribution >= 0.6 is 0 Å². The van der Waals surface area contributed by atoms with Gasteiger partial charge in [-0.05, 0) is 31.9 Å². The van der Waals surface area contributed by atoms with E-state index in [-0.39, 0.29) is 5.92 Å². The Morgan fingerprint density at radius 3 is 2.07 bits per heavy atom. The highest BCUT2D eigenvalue weighted by atomic mass is 32.2. The van der Waals surface area contributed by atoms with Crippen LogP contribution in [0.1, 0.15) is 42.6 Å². The molecule has 3 N–H and O–H groups in total. The summed E-state index contributed by atoms with van der Waals surface area (Å²) in [5, 5.41) is 15.4. The predicted octanol–water partition coefficient (Wildman–Crippen LogP) is 3.71. The van der Waals surface area contributed by atoms with Crippen molar-refractivity contribution < 1.29 is 54.6 Å². The fourth-order valence-electron chi connectivity index (χ4n) is 4.86. The van der Waals surface area contributed by atoms with E-state index in [9.17, 15) is 34.8 Å². The number of nitrogens with zero attached hydrogens (tertiary/aromatic N) is 5. The van der Waals surface area contributed by atoms with Crippen molar-refractivity contribution in [2.75, 3.05) is 24.2 Å². The Labute approximate surface area is 246 Å². The van der Waals surface area contributed by atoms with E-state index in [0.29, 0.717) is 19.1 Å². The van der Waals surface area contributed by atoms with Crippen molar-refractivity contribution in [1.29, 1.82) is 0 Å². The molecule has 242 valence electrons. The van der Waals surface area contributed by atoms with E-state index >= 15 is 0 Å². The SMILES string of the molecule is CC1Cc2ncnc(C3CCN(S(C)(=O)=O)CC3)c2CN1c1ccnc2[nH]ccc12.O=C(O)C(F)(F)F.O=C(O)C(F)(F)F. The van der Waals surface area contributed by atoms with E-state index in [2.05, 4.69) is 43.9 Å². The second kappa shape index (κ2) is 13.3. The Hall–Kier alpha value is -4.00. The van der Waals surface area contributed by atoms with Crippen molar-refractivity contribution in [1.82, 2.24) is 24.2 Å². The third-order valence-electron chi connectivity index (χ3n) is 6.96. The Morgan fingerprint density at radius 2 is 1.55 bits per heavy atom. The molecule has 0 amide bonds. The number of piperidine rings is 1. The van der Waals surface area contributed by atoms with Gasteiger partial charge in [-0.25, -0.2) is 37.3 Å². The van der Waals surface area contributed by atoms with Gasteiger partial charge in [0.2, 0.25) is 10.0 Å². The number of hydrogen-bond acceptors (Lipinski definition) is 8. The number of aromatic amines is 1. The fraction of sp³-hybridized carbons (Fsp3) is 0.480. The zero-order valence-corrected chi connectivity index (χ0v) is 24.0. The number of halogens is 6. The molecule has 3 aromatic heterocycles. The quantitative estimate of drug-likeness (QED) is 0.354. The van der Waals surface area contributed by atoms with E-state index < -0.39 is 34.3 Å². The normalized spacial score (nSPS) is 18.0. The van der Waals surface area contributed by atoms with Crippen molar-refractivity contribution in [3.05, 3.63) is 47.8 Å². The van der Waals surface area contributed by atoms with Gasteiger partial charge >= 0.3 is 24.3 Å². The molecule has 0 saturated carbocycles. The molecule has 3 aromatic rings. The van der Waals surface area contributed by atoms with Gasteiger partial charge in [-0.1, -0.05) is 0 Å². The first-order chi connectivity index (χ1) is 20.3. The molecule has 1 unspecified atom stereocenters. The molecule has 5 heterocycles. The van der Waals surface area contributed by atoms with E-state index in [1.165, 1.54) is 17.5 Å². The van der Waals surface area contributed by atoms with E-state index in [1.54, 1.807) is 10.6 Å². The average molecular weight is 655 g/mol. The number of anilines is 1. The molecule has 0 spiro atoms. The lowest BCUT2D eigenvalue weighted by molar-refractivity contribution is -0.193. The van der Waals surface area contributed by atoms with E-state index in [4.69, 9.17) is 19.8 Å². The molecular weight excluding hydrogens is 626 g/mol. The second-order valence-electron chi connectivity index (χ2n) is 9.98. The molecule has 5 rings (SSSR count). The lowest BCUT2D eigenvalue weighted by Gasteiger charge is -2.38. The molecule has 1 fully saturated rings. The summed E-state index contributed by atoms with van der Waals surface area (Å²) < 4.78 is 88.8. The molecule has 0 aliphatic carbocycles. The van der Waals surface area contributed by atoms with Crippen LogP contribution in [0.5, 0.6) is 0 Å². The molecule has 0 radical (unpaired) electrons. The number of sulfonamides is 1. The Bertz CT molecular complexity index is 1560. The number of nitrogens with one attached hydrogen (secondary N) is 1. The second-order valence-corrected chi connectivity index (χ2v) is 12.0. The lowest BCUT2D eigenvalue weighted by Crippen LogP contribution is -2.41. The number of alkyl halides is 6. The van der Waals surface area contributed by atoms with Crippen LogP contribution in [0.15, 0.2) is 30.9 Å². The Morgan fingerprint density at radius 1 is 0.977 bits per heavy atom. The summed E-state index contributed by atoms with van der Waals surface area (Å²) in [5.41, 5.74) is 5.47. The van der Waals surface area contributed by atoms with Gasteiger partial charge in [0.05, 0.1) is 17.6 Å². The van der Waals surface area contributed by atoms with Crippen LogP contribution in [0, 0.1) is 0 Å². The Kier molecular flexibility index (Phi) is 10.4. The Balaban J connectivity index is 0.000000317. The molecule has 12 nitrogen and oxygen atoms in total. The number of carboxylic acids is 2. The zero-order valence-electron chi connectivity index (χ0n) is 23.2.